The molecule has 0 radical (unpaired) electrons. The van der Waals surface area contributed by atoms with Gasteiger partial charge in [0.25, 0.3) is 0 Å². The van der Waals surface area contributed by atoms with Crippen molar-refractivity contribution in [2.75, 3.05) is 0 Å². The molecule has 2 aliphatic heterocycles. The van der Waals surface area contributed by atoms with Gasteiger partial charge in [-0.15, -0.1) is 0 Å². The summed E-state index contributed by atoms with van der Waals surface area (Å²) in [6.07, 6.45) is 3.77. The Kier molecular flexibility index (Phi) is 2.16. The van der Waals surface area contributed by atoms with Gasteiger partial charge in [0.2, 0.25) is 0 Å². The maximum atomic E-state index is 6.57. The van der Waals surface area contributed by atoms with Crippen LogP contribution in [0, 0.1) is 11.8 Å². The molecule has 0 saturated carbocycles. The molecule has 1 fully saturated rings. The predicted octanol–water partition coefficient (Wildman–Crippen LogP) is 4.71. The van der Waals surface area contributed by atoms with Crippen molar-refractivity contribution in [2.45, 2.75) is 25.0 Å². The monoisotopic (exact) mass is 274 g/mol. The lowest BCUT2D eigenvalue weighted by molar-refractivity contribution is -0.0348. The van der Waals surface area contributed by atoms with E-state index in [0.717, 1.165) is 6.42 Å². The molecule has 0 amide bonds. The van der Waals surface area contributed by atoms with E-state index in [1.54, 1.807) is 0 Å². The summed E-state index contributed by atoms with van der Waals surface area (Å²) >= 11 is 0. The van der Waals surface area contributed by atoms with Crippen molar-refractivity contribution in [1.29, 1.82) is 0 Å². The highest BCUT2D eigenvalue weighted by Crippen LogP contribution is 2.69. The molecule has 2 aromatic rings. The third-order valence-corrected chi connectivity index (χ3v) is 5.64. The smallest absolute Gasteiger partial charge is 0.102 e. The van der Waals surface area contributed by atoms with Crippen LogP contribution in [0.25, 0.3) is 5.57 Å². The lowest BCUT2D eigenvalue weighted by Crippen LogP contribution is -2.40. The van der Waals surface area contributed by atoms with Crippen LogP contribution in [0.5, 0.6) is 0 Å². The Morgan fingerprint density at radius 1 is 1.00 bits per heavy atom. The van der Waals surface area contributed by atoms with Crippen LogP contribution in [0.1, 0.15) is 36.1 Å². The van der Waals surface area contributed by atoms with Gasteiger partial charge in [-0.05, 0) is 28.7 Å². The third-order valence-electron chi connectivity index (χ3n) is 5.64. The lowest BCUT2D eigenvalue weighted by atomic mass is 9.57. The van der Waals surface area contributed by atoms with Crippen molar-refractivity contribution >= 4 is 5.57 Å². The molecule has 104 valence electrons. The summed E-state index contributed by atoms with van der Waals surface area (Å²) in [6, 6.07) is 19.6. The first-order valence-electron chi connectivity index (χ1n) is 7.89. The van der Waals surface area contributed by atoms with Crippen LogP contribution in [0.3, 0.4) is 0 Å². The molecule has 0 N–H and O–H groups in total. The van der Waals surface area contributed by atoms with Gasteiger partial charge in [-0.25, -0.2) is 0 Å². The highest BCUT2D eigenvalue weighted by Gasteiger charge is 2.64. The fourth-order valence-corrected chi connectivity index (χ4v) is 4.73. The topological polar surface area (TPSA) is 9.23 Å². The average molecular weight is 274 g/mol. The fraction of sp³-hybridized carbons (Fsp3) is 0.300. The first-order chi connectivity index (χ1) is 10.3. The summed E-state index contributed by atoms with van der Waals surface area (Å²) in [6.45, 7) is 2.27. The molecule has 0 aromatic heterocycles. The normalized spacial score (nSPS) is 34.9. The molecule has 4 unspecified atom stereocenters. The number of benzene rings is 2. The molecule has 1 saturated heterocycles. The largest absolute Gasteiger partial charge is 0.361 e. The van der Waals surface area contributed by atoms with Gasteiger partial charge in [0.1, 0.15) is 5.60 Å². The van der Waals surface area contributed by atoms with Crippen LogP contribution in [0.2, 0.25) is 0 Å². The number of ether oxygens (including phenoxy) is 1. The van der Waals surface area contributed by atoms with Crippen LogP contribution in [-0.4, -0.2) is 0 Å². The van der Waals surface area contributed by atoms with Crippen LogP contribution in [0.15, 0.2) is 60.7 Å². The molecule has 2 heterocycles. The molecule has 1 nitrogen and oxygen atoms in total. The van der Waals surface area contributed by atoms with Crippen molar-refractivity contribution < 1.29 is 4.74 Å². The standard InChI is InChI=1S/C20H18O/c1-2-20-17-11-7-6-10-14(17)19(21-20)16-12-15(18(16)20)13-8-4-3-5-9-13/h3-12,16,18-19H,2H2,1H3. The second-order valence-corrected chi connectivity index (χ2v) is 6.41. The van der Waals surface area contributed by atoms with Crippen LogP contribution >= 0.6 is 0 Å². The molecule has 5 rings (SSSR count). The van der Waals surface area contributed by atoms with E-state index in [1.807, 2.05) is 0 Å². The van der Waals surface area contributed by atoms with Crippen LogP contribution < -0.4 is 0 Å². The summed E-state index contributed by atoms with van der Waals surface area (Å²) in [5.74, 6) is 1.10. The van der Waals surface area contributed by atoms with E-state index in [-0.39, 0.29) is 11.7 Å². The zero-order valence-corrected chi connectivity index (χ0v) is 12.1. The minimum atomic E-state index is -0.0914. The van der Waals surface area contributed by atoms with Crippen molar-refractivity contribution in [3.63, 3.8) is 0 Å². The van der Waals surface area contributed by atoms with Crippen molar-refractivity contribution in [2.24, 2.45) is 11.8 Å². The van der Waals surface area contributed by atoms with Gasteiger partial charge in [-0.1, -0.05) is 67.6 Å². The maximum Gasteiger partial charge on any atom is 0.102 e. The van der Waals surface area contributed by atoms with Gasteiger partial charge >= 0.3 is 0 Å². The molecular formula is C20H18O. The van der Waals surface area contributed by atoms with Gasteiger partial charge in [0, 0.05) is 11.8 Å². The average Bonchev–Trinajstić information content (AvgIpc) is 2.96. The van der Waals surface area contributed by atoms with E-state index in [4.69, 9.17) is 4.74 Å². The zero-order valence-electron chi connectivity index (χ0n) is 12.1. The Morgan fingerprint density at radius 2 is 1.76 bits per heavy atom. The first-order valence-corrected chi connectivity index (χ1v) is 7.89. The minimum Gasteiger partial charge on any atom is -0.361 e. The van der Waals surface area contributed by atoms with Gasteiger partial charge < -0.3 is 4.74 Å². The number of fused-ring (bicyclic) bond motifs is 8. The van der Waals surface area contributed by atoms with E-state index in [2.05, 4.69) is 67.6 Å². The maximum absolute atomic E-state index is 6.57. The Balaban J connectivity index is 1.66. The van der Waals surface area contributed by atoms with Crippen molar-refractivity contribution in [1.82, 2.24) is 0 Å². The van der Waals surface area contributed by atoms with Crippen molar-refractivity contribution in [3.8, 4) is 0 Å². The molecular weight excluding hydrogens is 256 g/mol. The molecule has 0 spiro atoms. The summed E-state index contributed by atoms with van der Waals surface area (Å²) in [5.41, 5.74) is 5.61. The Labute approximate surface area is 125 Å². The van der Waals surface area contributed by atoms with Gasteiger partial charge in [0.15, 0.2) is 0 Å². The Hall–Kier alpha value is -1.86. The third kappa shape index (κ3) is 1.26. The second kappa shape index (κ2) is 3.86. The fourth-order valence-electron chi connectivity index (χ4n) is 4.73. The molecule has 21 heavy (non-hydrogen) atoms. The quantitative estimate of drug-likeness (QED) is 0.771. The van der Waals surface area contributed by atoms with E-state index in [1.165, 1.54) is 22.3 Å². The molecule has 4 atom stereocenters. The van der Waals surface area contributed by atoms with E-state index >= 15 is 0 Å². The van der Waals surface area contributed by atoms with Gasteiger partial charge in [-0.2, -0.15) is 0 Å². The van der Waals surface area contributed by atoms with Crippen LogP contribution in [0.4, 0.5) is 0 Å². The number of hydrogen-bond acceptors (Lipinski definition) is 1. The Bertz CT molecular complexity index is 745. The Morgan fingerprint density at radius 3 is 2.57 bits per heavy atom. The van der Waals surface area contributed by atoms with Gasteiger partial charge in [-0.3, -0.25) is 0 Å². The predicted molar refractivity (Wildman–Crippen MR) is 83.6 cm³/mol. The van der Waals surface area contributed by atoms with E-state index in [0.29, 0.717) is 11.8 Å². The van der Waals surface area contributed by atoms with Crippen molar-refractivity contribution in [3.05, 3.63) is 77.4 Å². The summed E-state index contributed by atoms with van der Waals surface area (Å²) in [5, 5.41) is 0. The minimum absolute atomic E-state index is 0.0914. The number of rotatable bonds is 2. The summed E-state index contributed by atoms with van der Waals surface area (Å²) in [7, 11) is 0. The van der Waals surface area contributed by atoms with E-state index in [9.17, 15) is 0 Å². The van der Waals surface area contributed by atoms with Gasteiger partial charge in [0.05, 0.1) is 6.10 Å². The molecule has 1 heteroatoms. The summed E-state index contributed by atoms with van der Waals surface area (Å²) in [4.78, 5) is 0. The number of hydrogen-bond donors (Lipinski definition) is 0. The SMILES string of the molecule is CCC12OC(c3ccccc31)C1C=C(c3ccccc3)C12. The van der Waals surface area contributed by atoms with E-state index < -0.39 is 0 Å². The second-order valence-electron chi connectivity index (χ2n) is 6.41. The molecule has 1 aliphatic carbocycles. The molecule has 3 aliphatic rings. The van der Waals surface area contributed by atoms with Crippen LogP contribution in [-0.2, 0) is 10.3 Å². The molecule has 2 aromatic carbocycles. The lowest BCUT2D eigenvalue weighted by Gasteiger charge is -2.44. The first kappa shape index (κ1) is 11.8. The zero-order chi connectivity index (χ0) is 14.0. The molecule has 2 bridgehead atoms. The highest BCUT2D eigenvalue weighted by atomic mass is 16.5. The summed E-state index contributed by atoms with van der Waals surface area (Å²) < 4.78 is 6.57. The highest BCUT2D eigenvalue weighted by molar-refractivity contribution is 5.77.